The number of hydrogen-bond acceptors (Lipinski definition) is 3. The van der Waals surface area contributed by atoms with Crippen LogP contribution in [0.3, 0.4) is 0 Å². The number of hydrogen-bond donors (Lipinski definition) is 1. The first-order valence-corrected chi connectivity index (χ1v) is 3.98. The molecule has 4 nitrogen and oxygen atoms in total. The summed E-state index contributed by atoms with van der Waals surface area (Å²) in [6, 6.07) is 0. The van der Waals surface area contributed by atoms with Crippen molar-refractivity contribution >= 4 is 11.9 Å². The SMILES string of the molecule is CC12CC(CC1C(=O)O)C(=O)O2. The topological polar surface area (TPSA) is 63.6 Å². The predicted octanol–water partition coefficient (Wildman–Crippen LogP) is 0.413. The fourth-order valence-corrected chi connectivity index (χ4v) is 2.22. The summed E-state index contributed by atoms with van der Waals surface area (Å²) in [7, 11) is 0. The molecule has 12 heavy (non-hydrogen) atoms. The molecule has 3 atom stereocenters. The molecule has 1 saturated carbocycles. The van der Waals surface area contributed by atoms with Crippen LogP contribution in [-0.4, -0.2) is 22.6 Å². The van der Waals surface area contributed by atoms with E-state index in [4.69, 9.17) is 9.84 Å². The predicted molar refractivity (Wildman–Crippen MR) is 38.3 cm³/mol. The van der Waals surface area contributed by atoms with E-state index in [9.17, 15) is 9.59 Å². The second kappa shape index (κ2) is 2.00. The van der Waals surface area contributed by atoms with Crippen molar-refractivity contribution in [3.63, 3.8) is 0 Å². The minimum Gasteiger partial charge on any atom is -0.481 e. The lowest BCUT2D eigenvalue weighted by Crippen LogP contribution is -2.39. The molecule has 0 spiro atoms. The average molecular weight is 170 g/mol. The molecule has 1 aliphatic carbocycles. The van der Waals surface area contributed by atoms with Crippen LogP contribution in [0, 0.1) is 11.8 Å². The highest BCUT2D eigenvalue weighted by molar-refractivity contribution is 5.82. The van der Waals surface area contributed by atoms with Gasteiger partial charge in [-0.15, -0.1) is 0 Å². The Morgan fingerprint density at radius 3 is 2.75 bits per heavy atom. The van der Waals surface area contributed by atoms with Gasteiger partial charge < -0.3 is 9.84 Å². The maximum Gasteiger partial charge on any atom is 0.310 e. The Morgan fingerprint density at radius 1 is 1.75 bits per heavy atom. The molecule has 0 amide bonds. The highest BCUT2D eigenvalue weighted by atomic mass is 16.6. The van der Waals surface area contributed by atoms with Gasteiger partial charge in [0.05, 0.1) is 11.8 Å². The third kappa shape index (κ3) is 0.777. The third-order valence-electron chi connectivity index (χ3n) is 2.87. The maximum absolute atomic E-state index is 11.0. The Morgan fingerprint density at radius 2 is 2.42 bits per heavy atom. The highest BCUT2D eigenvalue weighted by Crippen LogP contribution is 2.48. The number of carbonyl (C=O) groups excluding carboxylic acids is 1. The Bertz CT molecular complexity index is 260. The van der Waals surface area contributed by atoms with E-state index in [0.717, 1.165) is 0 Å². The molecule has 4 heteroatoms. The number of esters is 1. The van der Waals surface area contributed by atoms with E-state index in [2.05, 4.69) is 0 Å². The van der Waals surface area contributed by atoms with E-state index < -0.39 is 17.5 Å². The van der Waals surface area contributed by atoms with Crippen LogP contribution in [0.2, 0.25) is 0 Å². The first-order chi connectivity index (χ1) is 5.53. The van der Waals surface area contributed by atoms with Crippen molar-refractivity contribution in [3.05, 3.63) is 0 Å². The Balaban J connectivity index is 2.27. The molecule has 2 bridgehead atoms. The van der Waals surface area contributed by atoms with Crippen LogP contribution in [0.1, 0.15) is 19.8 Å². The van der Waals surface area contributed by atoms with Crippen molar-refractivity contribution in [3.8, 4) is 0 Å². The molecule has 2 rings (SSSR count). The van der Waals surface area contributed by atoms with Gasteiger partial charge in [0.25, 0.3) is 0 Å². The summed E-state index contributed by atoms with van der Waals surface area (Å²) in [5, 5.41) is 8.80. The molecule has 1 saturated heterocycles. The smallest absolute Gasteiger partial charge is 0.310 e. The number of fused-ring (bicyclic) bond motifs is 2. The molecule has 0 aromatic heterocycles. The molecule has 0 aromatic carbocycles. The second-order valence-electron chi connectivity index (χ2n) is 3.76. The summed E-state index contributed by atoms with van der Waals surface area (Å²) in [5.41, 5.74) is -0.729. The van der Waals surface area contributed by atoms with Gasteiger partial charge in [0.15, 0.2) is 0 Å². The standard InChI is InChI=1S/C8H10O4/c1-8-3-4(7(11)12-8)2-5(8)6(9)10/h4-5H,2-3H2,1H3,(H,9,10). The zero-order valence-corrected chi connectivity index (χ0v) is 6.74. The van der Waals surface area contributed by atoms with Gasteiger partial charge >= 0.3 is 11.9 Å². The molecule has 66 valence electrons. The van der Waals surface area contributed by atoms with Crippen LogP contribution in [-0.2, 0) is 14.3 Å². The zero-order valence-electron chi connectivity index (χ0n) is 6.74. The first-order valence-electron chi connectivity index (χ1n) is 3.98. The number of carboxylic acid groups (broad SMARTS) is 1. The molecule has 2 aliphatic rings. The van der Waals surface area contributed by atoms with Gasteiger partial charge in [-0.25, -0.2) is 0 Å². The number of aliphatic carboxylic acids is 1. The average Bonchev–Trinajstić information content (AvgIpc) is 2.38. The molecule has 1 N–H and O–H groups in total. The number of carbonyl (C=O) groups is 2. The third-order valence-corrected chi connectivity index (χ3v) is 2.87. The number of ether oxygens (including phenoxy) is 1. The van der Waals surface area contributed by atoms with Gasteiger partial charge in [-0.1, -0.05) is 0 Å². The minimum atomic E-state index is -0.854. The largest absolute Gasteiger partial charge is 0.481 e. The number of carboxylic acids is 1. The van der Waals surface area contributed by atoms with Crippen LogP contribution in [0.5, 0.6) is 0 Å². The Hall–Kier alpha value is -1.06. The van der Waals surface area contributed by atoms with E-state index in [1.807, 2.05) is 0 Å². The summed E-state index contributed by atoms with van der Waals surface area (Å²) >= 11 is 0. The summed E-state index contributed by atoms with van der Waals surface area (Å²) < 4.78 is 5.00. The van der Waals surface area contributed by atoms with Crippen molar-refractivity contribution in [1.29, 1.82) is 0 Å². The lowest BCUT2D eigenvalue weighted by atomic mass is 9.93. The first kappa shape index (κ1) is 7.58. The van der Waals surface area contributed by atoms with E-state index in [1.54, 1.807) is 6.92 Å². The van der Waals surface area contributed by atoms with Crippen LogP contribution >= 0.6 is 0 Å². The van der Waals surface area contributed by atoms with Crippen LogP contribution in [0.4, 0.5) is 0 Å². The maximum atomic E-state index is 11.0. The van der Waals surface area contributed by atoms with Crippen molar-refractivity contribution < 1.29 is 19.4 Å². The summed E-state index contributed by atoms with van der Waals surface area (Å²) in [5.74, 6) is -1.75. The van der Waals surface area contributed by atoms with Gasteiger partial charge in [0.1, 0.15) is 5.60 Å². The summed E-state index contributed by atoms with van der Waals surface area (Å²) in [4.78, 5) is 21.7. The van der Waals surface area contributed by atoms with E-state index in [0.29, 0.717) is 12.8 Å². The van der Waals surface area contributed by atoms with Crippen molar-refractivity contribution in [2.45, 2.75) is 25.4 Å². The molecule has 1 aliphatic heterocycles. The fourth-order valence-electron chi connectivity index (χ4n) is 2.22. The molecule has 1 heterocycles. The highest BCUT2D eigenvalue weighted by Gasteiger charge is 2.58. The normalized spacial score (nSPS) is 44.6. The van der Waals surface area contributed by atoms with Gasteiger partial charge in [-0.3, -0.25) is 9.59 Å². The second-order valence-corrected chi connectivity index (χ2v) is 3.76. The monoisotopic (exact) mass is 170 g/mol. The Kier molecular flexibility index (Phi) is 1.26. The molecular weight excluding hydrogens is 160 g/mol. The zero-order chi connectivity index (χ0) is 8.93. The van der Waals surface area contributed by atoms with E-state index >= 15 is 0 Å². The molecule has 2 fully saturated rings. The van der Waals surface area contributed by atoms with Crippen LogP contribution < -0.4 is 0 Å². The van der Waals surface area contributed by atoms with E-state index in [-0.39, 0.29) is 11.9 Å². The fraction of sp³-hybridized carbons (Fsp3) is 0.750. The van der Waals surface area contributed by atoms with E-state index in [1.165, 1.54) is 0 Å². The van der Waals surface area contributed by atoms with Gasteiger partial charge in [-0.05, 0) is 13.3 Å². The van der Waals surface area contributed by atoms with Gasteiger partial charge in [0.2, 0.25) is 0 Å². The molecule has 0 radical (unpaired) electrons. The van der Waals surface area contributed by atoms with Crippen molar-refractivity contribution in [2.24, 2.45) is 11.8 Å². The molecule has 0 aromatic rings. The lowest BCUT2D eigenvalue weighted by molar-refractivity contribution is -0.167. The summed E-state index contributed by atoms with van der Waals surface area (Å²) in [6.07, 6.45) is 1.02. The van der Waals surface area contributed by atoms with Crippen molar-refractivity contribution in [2.75, 3.05) is 0 Å². The Labute approximate surface area is 69.5 Å². The molecule has 3 unspecified atom stereocenters. The quantitative estimate of drug-likeness (QED) is 0.579. The summed E-state index contributed by atoms with van der Waals surface area (Å²) in [6.45, 7) is 1.71. The molecular formula is C8H10O4. The van der Waals surface area contributed by atoms with Crippen molar-refractivity contribution in [1.82, 2.24) is 0 Å². The van der Waals surface area contributed by atoms with Crippen LogP contribution in [0.25, 0.3) is 0 Å². The lowest BCUT2D eigenvalue weighted by Gasteiger charge is -2.27. The van der Waals surface area contributed by atoms with Crippen LogP contribution in [0.15, 0.2) is 0 Å². The number of rotatable bonds is 1. The van der Waals surface area contributed by atoms with Gasteiger partial charge in [-0.2, -0.15) is 0 Å². The minimum absolute atomic E-state index is 0.170. The van der Waals surface area contributed by atoms with Gasteiger partial charge in [0, 0.05) is 6.42 Å².